The minimum atomic E-state index is -2.34. The maximum absolute atomic E-state index is 11.6. The van der Waals surface area contributed by atoms with Crippen molar-refractivity contribution >= 4 is 35.7 Å². The third-order valence-corrected chi connectivity index (χ3v) is 23.6. The average molecular weight is 665 g/mol. The summed E-state index contributed by atoms with van der Waals surface area (Å²) in [7, 11) is -6.88. The van der Waals surface area contributed by atoms with E-state index in [0.717, 1.165) is 44.7 Å². The molecule has 0 spiro atoms. The summed E-state index contributed by atoms with van der Waals surface area (Å²) in [5, 5.41) is 13.7. The molecular formula is C38H60O4Si3. The highest BCUT2D eigenvalue weighted by Gasteiger charge is 2.44. The normalized spacial score (nSPS) is 14.3. The molecule has 0 radical (unpaired) electrons. The molecule has 0 aromatic heterocycles. The van der Waals surface area contributed by atoms with Crippen molar-refractivity contribution in [2.24, 2.45) is 0 Å². The first-order valence-electron chi connectivity index (χ1n) is 16.4. The molecule has 4 nitrogen and oxygen atoms in total. The maximum Gasteiger partial charge on any atom is 0.250 e. The number of hydrogen-bond acceptors (Lipinski definition) is 4. The lowest BCUT2D eigenvalue weighted by Gasteiger charge is -2.40. The molecule has 45 heavy (non-hydrogen) atoms. The number of fused-ring (bicyclic) bond motifs is 1. The summed E-state index contributed by atoms with van der Waals surface area (Å²) in [4.78, 5) is 0. The van der Waals surface area contributed by atoms with Crippen LogP contribution in [0.4, 0.5) is 0 Å². The highest BCUT2D eigenvalue weighted by atomic mass is 28.4. The van der Waals surface area contributed by atoms with Crippen molar-refractivity contribution in [2.45, 2.75) is 129 Å². The van der Waals surface area contributed by atoms with Gasteiger partial charge >= 0.3 is 0 Å². The fraction of sp³-hybridized carbons (Fsp3) is 0.526. The van der Waals surface area contributed by atoms with Gasteiger partial charge in [0.15, 0.2) is 0 Å². The fourth-order valence-electron chi connectivity index (χ4n) is 4.47. The zero-order valence-electron chi connectivity index (χ0n) is 30.9. The van der Waals surface area contributed by atoms with Crippen LogP contribution >= 0.6 is 0 Å². The Labute approximate surface area is 277 Å². The fourth-order valence-corrected chi connectivity index (χ4v) is 7.51. The first kappa shape index (κ1) is 37.1. The summed E-state index contributed by atoms with van der Waals surface area (Å²) in [6, 6.07) is 16.7. The predicted molar refractivity (Wildman–Crippen MR) is 203 cm³/mol. The number of rotatable bonds is 10. The van der Waals surface area contributed by atoms with Crippen molar-refractivity contribution in [1.82, 2.24) is 0 Å². The van der Waals surface area contributed by atoms with E-state index in [9.17, 15) is 5.11 Å². The van der Waals surface area contributed by atoms with E-state index in [0.29, 0.717) is 6.42 Å². The molecule has 248 valence electrons. The standard InChI is InChI=1S/C38H60O4Si3/c1-17-20-31(39)30-24-23-27-21-18-19-22-29(27)34(30)35-32(41-44(13,14)37(5,6)7)25-28(40-43(11,12)36(2,3)4)26-33(35)42-45(15,16)38(8,9)10/h17-19,21-26,31,39H,1,20H2,2-16H3/t31-/m1/s1. The Bertz CT molecular complexity index is 1470. The molecule has 0 saturated heterocycles. The van der Waals surface area contributed by atoms with Crippen molar-refractivity contribution in [3.8, 4) is 28.4 Å². The Morgan fingerprint density at radius 3 is 1.56 bits per heavy atom. The topological polar surface area (TPSA) is 47.9 Å². The second-order valence-electron chi connectivity index (χ2n) is 17.2. The number of aliphatic hydroxyl groups is 1. The zero-order valence-corrected chi connectivity index (χ0v) is 33.9. The lowest BCUT2D eigenvalue weighted by atomic mass is 9.89. The summed E-state index contributed by atoms with van der Waals surface area (Å²) in [6.45, 7) is 38.0. The average Bonchev–Trinajstić information content (AvgIpc) is 2.86. The van der Waals surface area contributed by atoms with E-state index >= 15 is 0 Å². The number of hydrogen-bond donors (Lipinski definition) is 1. The molecule has 3 aromatic rings. The second-order valence-corrected chi connectivity index (χ2v) is 31.3. The van der Waals surface area contributed by atoms with E-state index in [2.05, 4.69) is 157 Å². The molecule has 0 aliphatic heterocycles. The van der Waals surface area contributed by atoms with Crippen molar-refractivity contribution in [1.29, 1.82) is 0 Å². The van der Waals surface area contributed by atoms with Crippen LogP contribution in [0.2, 0.25) is 54.4 Å². The molecule has 0 aliphatic rings. The van der Waals surface area contributed by atoms with Gasteiger partial charge in [-0.2, -0.15) is 0 Å². The predicted octanol–water partition coefficient (Wildman–Crippen LogP) is 12.3. The van der Waals surface area contributed by atoms with Gasteiger partial charge in [-0.05, 0) is 77.2 Å². The van der Waals surface area contributed by atoms with Gasteiger partial charge in [-0.1, -0.05) is 105 Å². The van der Waals surface area contributed by atoms with E-state index in [-0.39, 0.29) is 15.1 Å². The molecule has 0 saturated carbocycles. The summed E-state index contributed by atoms with van der Waals surface area (Å²) in [5.41, 5.74) is 2.68. The van der Waals surface area contributed by atoms with Crippen molar-refractivity contribution in [3.63, 3.8) is 0 Å². The molecule has 0 bridgehead atoms. The van der Waals surface area contributed by atoms with E-state index in [4.69, 9.17) is 13.3 Å². The Kier molecular flexibility index (Phi) is 10.5. The molecule has 7 heteroatoms. The summed E-state index contributed by atoms with van der Waals surface area (Å²) < 4.78 is 21.6. The van der Waals surface area contributed by atoms with Crippen LogP contribution in [0, 0.1) is 0 Å². The van der Waals surface area contributed by atoms with E-state index in [1.165, 1.54) is 0 Å². The largest absolute Gasteiger partial charge is 0.543 e. The molecule has 0 heterocycles. The molecule has 0 fully saturated rings. The minimum absolute atomic E-state index is 0.0180. The number of aliphatic hydroxyl groups excluding tert-OH is 1. The monoisotopic (exact) mass is 664 g/mol. The van der Waals surface area contributed by atoms with E-state index in [1.807, 2.05) is 0 Å². The van der Waals surface area contributed by atoms with Crippen LogP contribution in [-0.2, 0) is 0 Å². The smallest absolute Gasteiger partial charge is 0.250 e. The highest BCUT2D eigenvalue weighted by Crippen LogP contribution is 2.52. The molecule has 0 aliphatic carbocycles. The van der Waals surface area contributed by atoms with Crippen LogP contribution in [0.15, 0.2) is 61.2 Å². The van der Waals surface area contributed by atoms with Gasteiger partial charge in [0.25, 0.3) is 16.6 Å². The Balaban J connectivity index is 2.58. The van der Waals surface area contributed by atoms with Gasteiger partial charge in [0, 0.05) is 17.7 Å². The lowest BCUT2D eigenvalue weighted by Crippen LogP contribution is -2.45. The van der Waals surface area contributed by atoms with Gasteiger partial charge in [-0.15, -0.1) is 6.58 Å². The second kappa shape index (κ2) is 12.7. The van der Waals surface area contributed by atoms with Gasteiger partial charge in [-0.25, -0.2) is 0 Å². The van der Waals surface area contributed by atoms with Crippen LogP contribution < -0.4 is 13.3 Å². The molecule has 1 atom stereocenters. The van der Waals surface area contributed by atoms with Crippen molar-refractivity contribution < 1.29 is 18.4 Å². The molecule has 0 unspecified atom stereocenters. The molecular weight excluding hydrogens is 605 g/mol. The quantitative estimate of drug-likeness (QED) is 0.173. The van der Waals surface area contributed by atoms with Crippen molar-refractivity contribution in [2.75, 3.05) is 0 Å². The third-order valence-electron chi connectivity index (χ3n) is 10.5. The molecule has 0 amide bonds. The van der Waals surface area contributed by atoms with Gasteiger partial charge in [0.2, 0.25) is 8.32 Å². The third kappa shape index (κ3) is 7.98. The lowest BCUT2D eigenvalue weighted by molar-refractivity contribution is 0.182. The SMILES string of the molecule is C=CC[C@@H](O)c1ccc2ccccc2c1-c1c(O[Si](C)(C)C(C)(C)C)cc(O[Si](C)(C)C(C)(C)C)cc1O[Si](C)(C)C(C)(C)C. The first-order valence-corrected chi connectivity index (χ1v) is 25.1. The maximum atomic E-state index is 11.6. The molecule has 3 aromatic carbocycles. The van der Waals surface area contributed by atoms with Crippen molar-refractivity contribution in [3.05, 3.63) is 66.7 Å². The van der Waals surface area contributed by atoms with Crippen LogP contribution in [0.1, 0.15) is 80.4 Å². The molecule has 3 rings (SSSR count). The van der Waals surface area contributed by atoms with Gasteiger partial charge in [0.05, 0.1) is 11.7 Å². The van der Waals surface area contributed by atoms with Gasteiger partial charge in [-0.3, -0.25) is 0 Å². The van der Waals surface area contributed by atoms with Crippen LogP contribution in [0.25, 0.3) is 21.9 Å². The van der Waals surface area contributed by atoms with Gasteiger partial charge in [0.1, 0.15) is 17.2 Å². The Hall–Kier alpha value is -2.33. The minimum Gasteiger partial charge on any atom is -0.543 e. The van der Waals surface area contributed by atoms with Crippen LogP contribution in [0.3, 0.4) is 0 Å². The van der Waals surface area contributed by atoms with Crippen LogP contribution in [-0.4, -0.2) is 30.1 Å². The first-order chi connectivity index (χ1) is 20.3. The Morgan fingerprint density at radius 2 is 1.11 bits per heavy atom. The summed E-state index contributed by atoms with van der Waals surface area (Å²) >= 11 is 0. The zero-order chi connectivity index (χ0) is 34.4. The highest BCUT2D eigenvalue weighted by molar-refractivity contribution is 6.76. The molecule has 1 N–H and O–H groups in total. The van der Waals surface area contributed by atoms with Gasteiger partial charge < -0.3 is 18.4 Å². The Morgan fingerprint density at radius 1 is 0.667 bits per heavy atom. The number of benzene rings is 3. The summed E-state index contributed by atoms with van der Waals surface area (Å²) in [5.74, 6) is 2.30. The van der Waals surface area contributed by atoms with Crippen LogP contribution in [0.5, 0.6) is 17.2 Å². The summed E-state index contributed by atoms with van der Waals surface area (Å²) in [6.07, 6.45) is 1.49. The van der Waals surface area contributed by atoms with E-state index < -0.39 is 31.1 Å². The van der Waals surface area contributed by atoms with E-state index in [1.54, 1.807) is 6.08 Å².